The third-order valence-corrected chi connectivity index (χ3v) is 3.66. The van der Waals surface area contributed by atoms with Gasteiger partial charge in [-0.1, -0.05) is 13.8 Å². The minimum Gasteiger partial charge on any atom is -0.299 e. The zero-order valence-corrected chi connectivity index (χ0v) is 9.99. The maximum absolute atomic E-state index is 11.6. The van der Waals surface area contributed by atoms with Crippen molar-refractivity contribution in [2.24, 2.45) is 5.92 Å². The Kier molecular flexibility index (Phi) is 4.35. The summed E-state index contributed by atoms with van der Waals surface area (Å²) in [7, 11) is 0. The van der Waals surface area contributed by atoms with Crippen LogP contribution in [0.5, 0.6) is 0 Å². The highest BCUT2D eigenvalue weighted by Gasteiger charge is 2.33. The average Bonchev–Trinajstić information content (AvgIpc) is 2.24. The first-order valence-electron chi connectivity index (χ1n) is 5.83. The highest BCUT2D eigenvalue weighted by molar-refractivity contribution is 5.82. The number of carbonyl (C=O) groups is 1. The molecule has 0 spiro atoms. The molecular formula is C13H21NO. The third-order valence-electron chi connectivity index (χ3n) is 3.66. The van der Waals surface area contributed by atoms with Crippen LogP contribution in [0.15, 0.2) is 0 Å². The smallest absolute Gasteiger partial charge is 0.138 e. The molecule has 0 bridgehead atoms. The van der Waals surface area contributed by atoms with Crippen LogP contribution in [0.1, 0.15) is 40.0 Å². The maximum atomic E-state index is 11.6. The molecule has 1 fully saturated rings. The first kappa shape index (κ1) is 12.3. The molecule has 0 N–H and O–H groups in total. The minimum atomic E-state index is 0.158. The molecule has 3 atom stereocenters. The number of hydrogen-bond acceptors (Lipinski definition) is 2. The summed E-state index contributed by atoms with van der Waals surface area (Å²) in [6.07, 6.45) is 7.92. The van der Waals surface area contributed by atoms with Crippen molar-refractivity contribution in [1.82, 2.24) is 4.90 Å². The Hall–Kier alpha value is -0.810. The maximum Gasteiger partial charge on any atom is 0.138 e. The molecule has 1 aliphatic rings. The monoisotopic (exact) mass is 207 g/mol. The van der Waals surface area contributed by atoms with Gasteiger partial charge in [0.15, 0.2) is 0 Å². The van der Waals surface area contributed by atoms with Crippen molar-refractivity contribution in [3.05, 3.63) is 0 Å². The number of terminal acetylenes is 1. The molecule has 2 nitrogen and oxygen atoms in total. The molecule has 0 aromatic carbocycles. The molecule has 0 saturated carbocycles. The molecule has 0 aromatic heterocycles. The first-order chi connectivity index (χ1) is 7.11. The Bertz CT molecular complexity index is 266. The predicted octanol–water partition coefficient (Wildman–Crippen LogP) is 2.09. The van der Waals surface area contributed by atoms with E-state index in [1.54, 1.807) is 0 Å². The molecule has 1 heterocycles. The van der Waals surface area contributed by atoms with Gasteiger partial charge in [0.05, 0.1) is 0 Å². The SMILES string of the molecule is C#CCC(CC)N1CCC(=O)C(C)C1C. The van der Waals surface area contributed by atoms with Crippen LogP contribution in [0.3, 0.4) is 0 Å². The Morgan fingerprint density at radius 1 is 1.60 bits per heavy atom. The standard InChI is InChI=1S/C13H21NO/c1-5-7-12(6-2)14-9-8-13(15)10(3)11(14)4/h1,10-12H,6-9H2,2-4H3. The molecule has 3 unspecified atom stereocenters. The van der Waals surface area contributed by atoms with Crippen molar-refractivity contribution in [2.45, 2.75) is 52.1 Å². The van der Waals surface area contributed by atoms with Gasteiger partial charge in [-0.3, -0.25) is 9.69 Å². The van der Waals surface area contributed by atoms with Crippen LogP contribution in [0.2, 0.25) is 0 Å². The molecule has 1 saturated heterocycles. The Morgan fingerprint density at radius 2 is 2.27 bits per heavy atom. The van der Waals surface area contributed by atoms with Gasteiger partial charge in [0.25, 0.3) is 0 Å². The van der Waals surface area contributed by atoms with Gasteiger partial charge in [0, 0.05) is 37.4 Å². The number of rotatable bonds is 3. The van der Waals surface area contributed by atoms with Crippen molar-refractivity contribution < 1.29 is 4.79 Å². The Balaban J connectivity index is 2.69. The van der Waals surface area contributed by atoms with Gasteiger partial charge in [0.2, 0.25) is 0 Å². The number of likely N-dealkylation sites (tertiary alicyclic amines) is 1. The number of piperidine rings is 1. The lowest BCUT2D eigenvalue weighted by Crippen LogP contribution is -2.51. The molecule has 1 aliphatic heterocycles. The van der Waals surface area contributed by atoms with Gasteiger partial charge < -0.3 is 0 Å². The van der Waals surface area contributed by atoms with Gasteiger partial charge in [-0.15, -0.1) is 12.3 Å². The fourth-order valence-corrected chi connectivity index (χ4v) is 2.37. The second-order valence-electron chi connectivity index (χ2n) is 4.45. The summed E-state index contributed by atoms with van der Waals surface area (Å²) >= 11 is 0. The summed E-state index contributed by atoms with van der Waals surface area (Å²) in [5.74, 6) is 3.29. The van der Waals surface area contributed by atoms with E-state index < -0.39 is 0 Å². The average molecular weight is 207 g/mol. The molecule has 84 valence electrons. The molecule has 1 rings (SSSR count). The first-order valence-corrected chi connectivity index (χ1v) is 5.83. The van der Waals surface area contributed by atoms with E-state index in [0.29, 0.717) is 24.3 Å². The van der Waals surface area contributed by atoms with Crippen LogP contribution in [0.25, 0.3) is 0 Å². The number of nitrogens with zero attached hydrogens (tertiary/aromatic N) is 1. The number of carbonyl (C=O) groups excluding carboxylic acids is 1. The fraction of sp³-hybridized carbons (Fsp3) is 0.769. The summed E-state index contributed by atoms with van der Waals surface area (Å²) in [5, 5.41) is 0. The summed E-state index contributed by atoms with van der Waals surface area (Å²) < 4.78 is 0. The zero-order chi connectivity index (χ0) is 11.4. The molecule has 0 aromatic rings. The number of Topliss-reactive ketones (excluding diaryl/α,β-unsaturated/α-hetero) is 1. The minimum absolute atomic E-state index is 0.158. The van der Waals surface area contributed by atoms with Gasteiger partial charge >= 0.3 is 0 Å². The molecule has 0 radical (unpaired) electrons. The van der Waals surface area contributed by atoms with Gasteiger partial charge in [-0.2, -0.15) is 0 Å². The summed E-state index contributed by atoms with van der Waals surface area (Å²) in [4.78, 5) is 14.0. The molecular weight excluding hydrogens is 186 g/mol. The molecule has 0 amide bonds. The van der Waals surface area contributed by atoms with E-state index in [9.17, 15) is 4.79 Å². The van der Waals surface area contributed by atoms with E-state index in [2.05, 4.69) is 24.7 Å². The number of hydrogen-bond donors (Lipinski definition) is 0. The van der Waals surface area contributed by atoms with Crippen LogP contribution >= 0.6 is 0 Å². The summed E-state index contributed by atoms with van der Waals surface area (Å²) in [6.45, 7) is 7.21. The molecule has 2 heteroatoms. The van der Waals surface area contributed by atoms with E-state index in [4.69, 9.17) is 6.42 Å². The fourth-order valence-electron chi connectivity index (χ4n) is 2.37. The predicted molar refractivity (Wildman–Crippen MR) is 62.5 cm³/mol. The quantitative estimate of drug-likeness (QED) is 0.660. The van der Waals surface area contributed by atoms with Crippen LogP contribution in [-0.4, -0.2) is 29.3 Å². The highest BCUT2D eigenvalue weighted by atomic mass is 16.1. The second-order valence-corrected chi connectivity index (χ2v) is 4.45. The van der Waals surface area contributed by atoms with E-state index in [-0.39, 0.29) is 5.92 Å². The van der Waals surface area contributed by atoms with Gasteiger partial charge in [-0.25, -0.2) is 0 Å². The Labute approximate surface area is 93.0 Å². The second kappa shape index (κ2) is 5.32. The van der Waals surface area contributed by atoms with Crippen molar-refractivity contribution >= 4 is 5.78 Å². The normalized spacial score (nSPS) is 29.9. The number of ketones is 1. The lowest BCUT2D eigenvalue weighted by atomic mass is 9.88. The lowest BCUT2D eigenvalue weighted by molar-refractivity contribution is -0.128. The van der Waals surface area contributed by atoms with Gasteiger partial charge in [0.1, 0.15) is 5.78 Å². The van der Waals surface area contributed by atoms with E-state index in [1.165, 1.54) is 0 Å². The lowest BCUT2D eigenvalue weighted by Gasteiger charge is -2.41. The van der Waals surface area contributed by atoms with Crippen LogP contribution < -0.4 is 0 Å². The third kappa shape index (κ3) is 2.60. The largest absolute Gasteiger partial charge is 0.299 e. The zero-order valence-electron chi connectivity index (χ0n) is 9.99. The van der Waals surface area contributed by atoms with Crippen LogP contribution in [0.4, 0.5) is 0 Å². The van der Waals surface area contributed by atoms with Crippen LogP contribution in [-0.2, 0) is 4.79 Å². The summed E-state index contributed by atoms with van der Waals surface area (Å²) in [6, 6.07) is 0.782. The van der Waals surface area contributed by atoms with E-state index >= 15 is 0 Å². The molecule has 15 heavy (non-hydrogen) atoms. The van der Waals surface area contributed by atoms with E-state index in [1.807, 2.05) is 6.92 Å². The summed E-state index contributed by atoms with van der Waals surface area (Å²) in [5.41, 5.74) is 0. The molecule has 0 aliphatic carbocycles. The van der Waals surface area contributed by atoms with E-state index in [0.717, 1.165) is 19.4 Å². The van der Waals surface area contributed by atoms with Crippen LogP contribution in [0, 0.1) is 18.3 Å². The van der Waals surface area contributed by atoms with Gasteiger partial charge in [-0.05, 0) is 13.3 Å². The van der Waals surface area contributed by atoms with Crippen molar-refractivity contribution in [3.63, 3.8) is 0 Å². The highest BCUT2D eigenvalue weighted by Crippen LogP contribution is 2.24. The van der Waals surface area contributed by atoms with Crippen molar-refractivity contribution in [2.75, 3.05) is 6.54 Å². The van der Waals surface area contributed by atoms with Crippen molar-refractivity contribution in [1.29, 1.82) is 0 Å². The van der Waals surface area contributed by atoms with Crippen molar-refractivity contribution in [3.8, 4) is 12.3 Å². The topological polar surface area (TPSA) is 20.3 Å². The Morgan fingerprint density at radius 3 is 2.80 bits per heavy atom.